The molecule has 1 N–H and O–H groups in total. The van der Waals surface area contributed by atoms with Crippen molar-refractivity contribution in [2.24, 2.45) is 0 Å². The Kier molecular flexibility index (Phi) is 4.14. The van der Waals surface area contributed by atoms with E-state index >= 15 is 0 Å². The van der Waals surface area contributed by atoms with E-state index in [-0.39, 0.29) is 24.2 Å². The second-order valence-electron chi connectivity index (χ2n) is 3.26. The van der Waals surface area contributed by atoms with E-state index in [2.05, 4.69) is 16.9 Å². The Morgan fingerprint density at radius 3 is 2.80 bits per heavy atom. The molecule has 74 valence electrons. The van der Waals surface area contributed by atoms with E-state index in [1.807, 2.05) is 6.08 Å². The molecule has 0 amide bonds. The average molecular weight is 235 g/mol. The Balaban J connectivity index is 0.00000112. The van der Waals surface area contributed by atoms with Crippen molar-refractivity contribution in [3.63, 3.8) is 0 Å². The van der Waals surface area contributed by atoms with Gasteiger partial charge in [0, 0.05) is 22.8 Å². The smallest absolute Gasteiger partial charge is 0.350 e. The summed E-state index contributed by atoms with van der Waals surface area (Å²) in [7, 11) is 0. The van der Waals surface area contributed by atoms with Crippen LogP contribution in [0.3, 0.4) is 0 Å². The van der Waals surface area contributed by atoms with Gasteiger partial charge in [-0.15, -0.1) is 11.6 Å². The number of imidazole rings is 1. The molecule has 0 radical (unpaired) electrons. The van der Waals surface area contributed by atoms with Crippen molar-refractivity contribution in [1.82, 2.24) is 9.97 Å². The maximum absolute atomic E-state index is 6.18. The fourth-order valence-corrected chi connectivity index (χ4v) is 1.96. The molecule has 1 aliphatic carbocycles. The average Bonchev–Trinajstić information content (AvgIpc) is 2.65. The summed E-state index contributed by atoms with van der Waals surface area (Å²) in [5, 5.41) is 0.349. The molecule has 15 heavy (non-hydrogen) atoms. The summed E-state index contributed by atoms with van der Waals surface area (Å²) in [5.41, 5.74) is -0.552. The minimum Gasteiger partial charge on any atom is -0.350 e. The number of allylic oxidation sites excluding steroid dienone is 4. The van der Waals surface area contributed by atoms with Crippen LogP contribution in [-0.4, -0.2) is 15.3 Å². The van der Waals surface area contributed by atoms with Gasteiger partial charge in [-0.2, -0.15) is 0 Å². The second-order valence-corrected chi connectivity index (χ2v) is 4.17. The Labute approximate surface area is 111 Å². The normalized spacial score (nSPS) is 29.5. The maximum atomic E-state index is 6.18. The predicted octanol–water partition coefficient (Wildman–Crippen LogP) is -0.215. The Morgan fingerprint density at radius 2 is 2.27 bits per heavy atom. The summed E-state index contributed by atoms with van der Waals surface area (Å²) in [5.74, 6) is 0.745. The molecular weight excluding hydrogens is 226 g/mol. The summed E-state index contributed by atoms with van der Waals surface area (Å²) in [4.78, 5) is 7.17. The van der Waals surface area contributed by atoms with E-state index in [0.717, 1.165) is 5.82 Å². The fraction of sp³-hybridized carbons (Fsp3) is 0.200. The second kappa shape index (κ2) is 4.80. The first-order valence-electron chi connectivity index (χ1n) is 4.19. The van der Waals surface area contributed by atoms with Crippen LogP contribution in [0.25, 0.3) is 0 Å². The Hall–Kier alpha value is -0.133. The number of alkyl halides is 1. The van der Waals surface area contributed by atoms with Gasteiger partial charge in [0.1, 0.15) is 0 Å². The molecule has 0 saturated heterocycles. The van der Waals surface area contributed by atoms with Gasteiger partial charge in [-0.25, -0.2) is 4.98 Å². The molecule has 2 unspecified atom stereocenters. The molecule has 0 spiro atoms. The molecule has 0 fully saturated rings. The van der Waals surface area contributed by atoms with Gasteiger partial charge in [0.2, 0.25) is 0 Å². The number of rotatable bonds is 1. The third-order valence-electron chi connectivity index (χ3n) is 2.28. The zero-order valence-electron chi connectivity index (χ0n) is 8.37. The molecule has 0 aromatic carbocycles. The van der Waals surface area contributed by atoms with E-state index in [9.17, 15) is 0 Å². The standard InChI is InChI=1S/C10H9Cl2N2.Li/c1-10(9-13-4-5-14-9)3-2-7(11)6-8(10)12;/h2-6,8H,1H2,(H,13,14);/q-1;+1. The van der Waals surface area contributed by atoms with E-state index in [4.69, 9.17) is 23.2 Å². The van der Waals surface area contributed by atoms with E-state index < -0.39 is 5.41 Å². The number of nitrogens with zero attached hydrogens (tertiary/aromatic N) is 1. The molecule has 1 aliphatic rings. The summed E-state index contributed by atoms with van der Waals surface area (Å²) in [6, 6.07) is 0. The molecular formula is C10H9Cl2LiN2. The Bertz CT molecular complexity index is 386. The van der Waals surface area contributed by atoms with Crippen molar-refractivity contribution in [2.75, 3.05) is 0 Å². The van der Waals surface area contributed by atoms with Gasteiger partial charge in [-0.3, -0.25) is 0 Å². The van der Waals surface area contributed by atoms with E-state index in [1.165, 1.54) is 0 Å². The third kappa shape index (κ3) is 2.34. The molecule has 0 bridgehead atoms. The van der Waals surface area contributed by atoms with Gasteiger partial charge in [-0.1, -0.05) is 23.1 Å². The van der Waals surface area contributed by atoms with Crippen LogP contribution in [0.15, 0.2) is 35.7 Å². The van der Waals surface area contributed by atoms with Gasteiger partial charge < -0.3 is 11.9 Å². The van der Waals surface area contributed by atoms with Gasteiger partial charge in [0.15, 0.2) is 0 Å². The van der Waals surface area contributed by atoms with Crippen LogP contribution in [-0.2, 0) is 5.41 Å². The van der Waals surface area contributed by atoms with Gasteiger partial charge in [0.05, 0.1) is 5.82 Å². The molecule has 0 aliphatic heterocycles. The summed E-state index contributed by atoms with van der Waals surface area (Å²) < 4.78 is 0. The molecule has 1 aromatic rings. The Morgan fingerprint density at radius 1 is 1.53 bits per heavy atom. The molecule has 2 atom stereocenters. The van der Waals surface area contributed by atoms with Crippen molar-refractivity contribution in [2.45, 2.75) is 10.8 Å². The number of aromatic amines is 1. The zero-order chi connectivity index (χ0) is 10.2. The molecule has 2 nitrogen and oxygen atoms in total. The van der Waals surface area contributed by atoms with Crippen LogP contribution in [0.5, 0.6) is 0 Å². The molecule has 1 aromatic heterocycles. The number of hydrogen-bond donors (Lipinski definition) is 1. The topological polar surface area (TPSA) is 28.7 Å². The first-order valence-corrected chi connectivity index (χ1v) is 5.00. The van der Waals surface area contributed by atoms with Crippen molar-refractivity contribution in [3.05, 3.63) is 48.4 Å². The molecule has 1 heterocycles. The van der Waals surface area contributed by atoms with Gasteiger partial charge in [-0.05, 0) is 12.2 Å². The summed E-state index contributed by atoms with van der Waals surface area (Å²) >= 11 is 12.0. The first-order chi connectivity index (χ1) is 6.63. The zero-order valence-corrected chi connectivity index (χ0v) is 9.89. The van der Waals surface area contributed by atoms with Crippen LogP contribution in [0, 0.1) is 6.92 Å². The van der Waals surface area contributed by atoms with Crippen LogP contribution in [0.1, 0.15) is 5.82 Å². The monoisotopic (exact) mass is 234 g/mol. The molecule has 5 heteroatoms. The summed E-state index contributed by atoms with van der Waals surface area (Å²) in [6.07, 6.45) is 8.85. The fourth-order valence-electron chi connectivity index (χ4n) is 1.39. The van der Waals surface area contributed by atoms with E-state index in [1.54, 1.807) is 24.5 Å². The van der Waals surface area contributed by atoms with Crippen molar-refractivity contribution in [3.8, 4) is 0 Å². The minimum atomic E-state index is -0.552. The largest absolute Gasteiger partial charge is 1.00 e. The number of nitrogens with one attached hydrogen (secondary N) is 1. The number of halogens is 2. The number of hydrogen-bond acceptors (Lipinski definition) is 1. The summed E-state index contributed by atoms with van der Waals surface area (Å²) in [6.45, 7) is 4.07. The minimum absolute atomic E-state index is 0. The third-order valence-corrected chi connectivity index (χ3v) is 3.04. The van der Waals surface area contributed by atoms with Gasteiger partial charge in [0.25, 0.3) is 0 Å². The SMILES string of the molecule is [CH2-]C1(c2ncc[nH]2)C=CC(Cl)=CC1Cl.[Li+]. The maximum Gasteiger partial charge on any atom is 1.00 e. The van der Waals surface area contributed by atoms with Crippen LogP contribution in [0.4, 0.5) is 0 Å². The van der Waals surface area contributed by atoms with Crippen LogP contribution >= 0.6 is 23.2 Å². The van der Waals surface area contributed by atoms with Crippen molar-refractivity contribution >= 4 is 23.2 Å². The molecule has 0 saturated carbocycles. The number of aromatic nitrogens is 2. The quantitative estimate of drug-likeness (QED) is 0.407. The van der Waals surface area contributed by atoms with Crippen LogP contribution < -0.4 is 18.9 Å². The first kappa shape index (κ1) is 12.9. The van der Waals surface area contributed by atoms with Gasteiger partial charge >= 0.3 is 18.9 Å². The van der Waals surface area contributed by atoms with E-state index in [0.29, 0.717) is 5.03 Å². The van der Waals surface area contributed by atoms with Crippen molar-refractivity contribution < 1.29 is 18.9 Å². The predicted molar refractivity (Wildman–Crippen MR) is 58.3 cm³/mol. The molecule has 2 rings (SSSR count). The number of H-pyrrole nitrogens is 1. The van der Waals surface area contributed by atoms with Crippen LogP contribution in [0.2, 0.25) is 0 Å². The van der Waals surface area contributed by atoms with Crippen molar-refractivity contribution in [1.29, 1.82) is 0 Å².